The van der Waals surface area contributed by atoms with Gasteiger partial charge in [-0.15, -0.1) is 0 Å². The van der Waals surface area contributed by atoms with Crippen molar-refractivity contribution >= 4 is 33.6 Å². The molecule has 1 fully saturated rings. The minimum absolute atomic E-state index is 0.192. The molecule has 2 aromatic carbocycles. The Hall–Kier alpha value is -3.21. The summed E-state index contributed by atoms with van der Waals surface area (Å²) in [6.07, 6.45) is 2.88. The molecule has 4 heterocycles. The smallest absolute Gasteiger partial charge is 0.410 e. The SMILES string of the molecule is CC(C)(C)OC(=O)N1CCc2c(c(-c3ccc(Br)cc3)nn2CC(O)CN2CCC(N3C(=O)CCc4ccccc43)CC2)C1. The Morgan fingerprint density at radius 3 is 2.48 bits per heavy atom. The zero-order valence-corrected chi connectivity index (χ0v) is 27.4. The number of benzene rings is 2. The van der Waals surface area contributed by atoms with Crippen LogP contribution in [0.2, 0.25) is 0 Å². The molecule has 0 radical (unpaired) electrons. The van der Waals surface area contributed by atoms with E-state index in [1.54, 1.807) is 4.90 Å². The fraction of sp³-hybridized carbons (Fsp3) is 0.500. The van der Waals surface area contributed by atoms with Crippen LogP contribution < -0.4 is 4.90 Å². The Morgan fingerprint density at radius 1 is 1.02 bits per heavy atom. The number of ether oxygens (including phenoxy) is 1. The number of likely N-dealkylation sites (tertiary alicyclic amines) is 1. The molecule has 0 spiro atoms. The number of aryl methyl sites for hydroxylation is 1. The lowest BCUT2D eigenvalue weighted by molar-refractivity contribution is -0.119. The number of aromatic nitrogens is 2. The van der Waals surface area contributed by atoms with Crippen LogP contribution in [0.3, 0.4) is 0 Å². The lowest BCUT2D eigenvalue weighted by Gasteiger charge is -2.41. The summed E-state index contributed by atoms with van der Waals surface area (Å²) >= 11 is 3.52. The van der Waals surface area contributed by atoms with Crippen molar-refractivity contribution in [3.63, 3.8) is 0 Å². The van der Waals surface area contributed by atoms with Crippen LogP contribution in [-0.2, 0) is 35.5 Å². The Labute approximate surface area is 267 Å². The third-order valence-corrected chi connectivity index (χ3v) is 9.33. The highest BCUT2D eigenvalue weighted by Crippen LogP contribution is 2.34. The number of amides is 2. The number of β-amino-alcohol motifs (C(OH)–C–C–N with tert-alkyl or cyclic N) is 1. The number of fused-ring (bicyclic) bond motifs is 2. The van der Waals surface area contributed by atoms with E-state index >= 15 is 0 Å². The van der Waals surface area contributed by atoms with Gasteiger partial charge in [-0.2, -0.15) is 5.10 Å². The average molecular weight is 665 g/mol. The van der Waals surface area contributed by atoms with Gasteiger partial charge in [0.2, 0.25) is 5.91 Å². The largest absolute Gasteiger partial charge is 0.444 e. The van der Waals surface area contributed by atoms with E-state index in [1.165, 1.54) is 5.56 Å². The third kappa shape index (κ3) is 6.72. The quantitative estimate of drug-likeness (QED) is 0.379. The van der Waals surface area contributed by atoms with Crippen LogP contribution >= 0.6 is 15.9 Å². The second-order valence-corrected chi connectivity index (χ2v) is 14.1. The zero-order valence-electron chi connectivity index (χ0n) is 25.8. The molecule has 44 heavy (non-hydrogen) atoms. The highest BCUT2D eigenvalue weighted by molar-refractivity contribution is 9.10. The van der Waals surface area contributed by atoms with Crippen molar-refractivity contribution in [1.29, 1.82) is 0 Å². The number of anilines is 1. The Morgan fingerprint density at radius 2 is 1.75 bits per heavy atom. The molecule has 1 N–H and O–H groups in total. The number of carbonyl (C=O) groups is 2. The van der Waals surface area contributed by atoms with E-state index in [4.69, 9.17) is 9.84 Å². The van der Waals surface area contributed by atoms with Crippen LogP contribution in [0.1, 0.15) is 56.9 Å². The summed E-state index contributed by atoms with van der Waals surface area (Å²) < 4.78 is 8.59. The van der Waals surface area contributed by atoms with Crippen LogP contribution in [0.15, 0.2) is 53.0 Å². The number of para-hydroxylation sites is 1. The van der Waals surface area contributed by atoms with E-state index in [9.17, 15) is 14.7 Å². The summed E-state index contributed by atoms with van der Waals surface area (Å²) in [5, 5.41) is 16.3. The second-order valence-electron chi connectivity index (χ2n) is 13.2. The number of halogens is 1. The van der Waals surface area contributed by atoms with Crippen molar-refractivity contribution in [2.45, 2.75) is 83.7 Å². The van der Waals surface area contributed by atoms with Crippen molar-refractivity contribution in [2.75, 3.05) is 31.1 Å². The Balaban J connectivity index is 1.13. The van der Waals surface area contributed by atoms with Crippen molar-refractivity contribution in [2.24, 2.45) is 0 Å². The lowest BCUT2D eigenvalue weighted by atomic mass is 9.95. The summed E-state index contributed by atoms with van der Waals surface area (Å²) in [7, 11) is 0. The van der Waals surface area contributed by atoms with E-state index in [1.807, 2.05) is 66.8 Å². The van der Waals surface area contributed by atoms with Crippen molar-refractivity contribution in [3.05, 3.63) is 69.8 Å². The van der Waals surface area contributed by atoms with E-state index in [-0.39, 0.29) is 18.0 Å². The molecule has 0 bridgehead atoms. The molecule has 2 amide bonds. The fourth-order valence-electron chi connectivity index (χ4n) is 6.73. The minimum Gasteiger partial charge on any atom is -0.444 e. The molecule has 234 valence electrons. The number of rotatable bonds is 6. The van der Waals surface area contributed by atoms with Crippen LogP contribution in [0, 0.1) is 0 Å². The third-order valence-electron chi connectivity index (χ3n) is 8.81. The molecule has 1 atom stereocenters. The Bertz CT molecular complexity index is 1510. The van der Waals surface area contributed by atoms with E-state index < -0.39 is 11.7 Å². The summed E-state index contributed by atoms with van der Waals surface area (Å²) in [6.45, 7) is 9.17. The monoisotopic (exact) mass is 663 g/mol. The van der Waals surface area contributed by atoms with Crippen molar-refractivity contribution < 1.29 is 19.4 Å². The van der Waals surface area contributed by atoms with E-state index in [0.29, 0.717) is 39.0 Å². The first-order chi connectivity index (χ1) is 21.1. The number of hydrogen-bond acceptors (Lipinski definition) is 6. The number of nitrogens with zero attached hydrogens (tertiary/aromatic N) is 5. The van der Waals surface area contributed by atoms with Gasteiger partial charge in [0.15, 0.2) is 0 Å². The number of aliphatic hydroxyl groups is 1. The number of aliphatic hydroxyl groups excluding tert-OH is 1. The van der Waals surface area contributed by atoms with Gasteiger partial charge < -0.3 is 24.5 Å². The maximum atomic E-state index is 12.9. The van der Waals surface area contributed by atoms with E-state index in [0.717, 1.165) is 65.0 Å². The first kappa shape index (κ1) is 30.8. The molecule has 1 saturated heterocycles. The van der Waals surface area contributed by atoms with Crippen LogP contribution in [-0.4, -0.2) is 80.6 Å². The fourth-order valence-corrected chi connectivity index (χ4v) is 7.00. The molecule has 1 aromatic heterocycles. The van der Waals surface area contributed by atoms with Gasteiger partial charge in [-0.05, 0) is 63.8 Å². The standard InChI is InChI=1S/C34H42BrN5O4/c1-34(2,3)44-33(43)38-19-16-30-28(22-38)32(24-8-11-25(35)12-9-24)36-39(30)21-27(41)20-37-17-14-26(15-18-37)40-29-7-5-4-6-23(29)10-13-31(40)42/h4-9,11-12,26-27,41H,10,13-22H2,1-3H3. The molecule has 3 aliphatic heterocycles. The molecule has 9 nitrogen and oxygen atoms in total. The average Bonchev–Trinajstić information content (AvgIpc) is 3.34. The maximum absolute atomic E-state index is 12.9. The van der Waals surface area contributed by atoms with Gasteiger partial charge in [-0.3, -0.25) is 9.48 Å². The topological polar surface area (TPSA) is 91.1 Å². The first-order valence-electron chi connectivity index (χ1n) is 15.7. The van der Waals surface area contributed by atoms with Crippen molar-refractivity contribution in [3.8, 4) is 11.3 Å². The number of hydrogen-bond donors (Lipinski definition) is 1. The molecular weight excluding hydrogens is 622 g/mol. The highest BCUT2D eigenvalue weighted by Gasteiger charge is 2.34. The zero-order chi connectivity index (χ0) is 31.0. The van der Waals surface area contributed by atoms with Crippen LogP contribution in [0.25, 0.3) is 11.3 Å². The second kappa shape index (κ2) is 12.7. The summed E-state index contributed by atoms with van der Waals surface area (Å²) in [5.74, 6) is 0.220. The van der Waals surface area contributed by atoms with Gasteiger partial charge in [0.05, 0.1) is 24.9 Å². The van der Waals surface area contributed by atoms with Gasteiger partial charge in [0, 0.05) is 72.0 Å². The van der Waals surface area contributed by atoms with Crippen molar-refractivity contribution in [1.82, 2.24) is 19.6 Å². The van der Waals surface area contributed by atoms with Gasteiger partial charge >= 0.3 is 6.09 Å². The maximum Gasteiger partial charge on any atom is 0.410 e. The predicted molar refractivity (Wildman–Crippen MR) is 173 cm³/mol. The van der Waals surface area contributed by atoms with Crippen LogP contribution in [0.4, 0.5) is 10.5 Å². The Kier molecular flexibility index (Phi) is 8.86. The normalized spacial score (nSPS) is 18.6. The molecule has 3 aliphatic rings. The molecule has 0 saturated carbocycles. The summed E-state index contributed by atoms with van der Waals surface area (Å²) in [4.78, 5) is 31.9. The summed E-state index contributed by atoms with van der Waals surface area (Å²) in [6, 6.07) is 16.5. The molecule has 3 aromatic rings. The molecular formula is C34H42BrN5O4. The van der Waals surface area contributed by atoms with Gasteiger partial charge in [-0.1, -0.05) is 46.3 Å². The number of carbonyl (C=O) groups excluding carboxylic acids is 2. The predicted octanol–water partition coefficient (Wildman–Crippen LogP) is 5.41. The minimum atomic E-state index is -0.602. The van der Waals surface area contributed by atoms with Crippen LogP contribution in [0.5, 0.6) is 0 Å². The molecule has 10 heteroatoms. The highest BCUT2D eigenvalue weighted by atomic mass is 79.9. The van der Waals surface area contributed by atoms with E-state index in [2.05, 4.69) is 33.0 Å². The molecule has 1 unspecified atom stereocenters. The molecule has 0 aliphatic carbocycles. The number of piperidine rings is 1. The van der Waals surface area contributed by atoms with Gasteiger partial charge in [0.25, 0.3) is 0 Å². The van der Waals surface area contributed by atoms with Gasteiger partial charge in [-0.25, -0.2) is 4.79 Å². The lowest BCUT2D eigenvalue weighted by Crippen LogP contribution is -2.50. The first-order valence-corrected chi connectivity index (χ1v) is 16.5. The van der Waals surface area contributed by atoms with Gasteiger partial charge in [0.1, 0.15) is 5.60 Å². The molecule has 6 rings (SSSR count). The summed E-state index contributed by atoms with van der Waals surface area (Å²) in [5.41, 5.74) is 5.62.